The second kappa shape index (κ2) is 7.03. The molecule has 0 radical (unpaired) electrons. The zero-order valence-electron chi connectivity index (χ0n) is 18.2. The molecule has 0 amide bonds. The van der Waals surface area contributed by atoms with E-state index in [0.29, 0.717) is 16.9 Å². The Morgan fingerprint density at radius 1 is 1.13 bits per heavy atom. The van der Waals surface area contributed by atoms with Gasteiger partial charge in [-0.3, -0.25) is 0 Å². The van der Waals surface area contributed by atoms with Crippen LogP contribution in [-0.2, 0) is 0 Å². The summed E-state index contributed by atoms with van der Waals surface area (Å²) < 4.78 is 1.24. The Balaban J connectivity index is 1.31. The van der Waals surface area contributed by atoms with Crippen molar-refractivity contribution in [2.24, 2.45) is 10.8 Å². The van der Waals surface area contributed by atoms with Crippen molar-refractivity contribution in [1.82, 2.24) is 9.88 Å². The van der Waals surface area contributed by atoms with Gasteiger partial charge in [0.1, 0.15) is 5.01 Å². The number of nitrogens with one attached hydrogen (secondary N) is 1. The van der Waals surface area contributed by atoms with Crippen molar-refractivity contribution in [2.45, 2.75) is 53.0 Å². The molecule has 2 atom stereocenters. The van der Waals surface area contributed by atoms with Gasteiger partial charge < -0.3 is 10.2 Å². The van der Waals surface area contributed by atoms with Gasteiger partial charge in [0.05, 0.1) is 10.2 Å². The van der Waals surface area contributed by atoms with Crippen molar-refractivity contribution in [3.63, 3.8) is 0 Å². The molecule has 156 valence electrons. The van der Waals surface area contributed by atoms with Crippen LogP contribution < -0.4 is 5.32 Å². The summed E-state index contributed by atoms with van der Waals surface area (Å²) in [5.74, 6) is 0. The molecule has 1 N–H and O–H groups in total. The number of hydrogen-bond donors (Lipinski definition) is 1. The first-order chi connectivity index (χ1) is 14.2. The highest BCUT2D eigenvalue weighted by Gasteiger charge is 2.50. The Kier molecular flexibility index (Phi) is 4.67. The molecule has 0 spiro atoms. The summed E-state index contributed by atoms with van der Waals surface area (Å²) in [5, 5.41) is 5.42. The van der Waals surface area contributed by atoms with Crippen LogP contribution in [0.3, 0.4) is 0 Å². The first-order valence-electron chi connectivity index (χ1n) is 10.8. The van der Waals surface area contributed by atoms with E-state index in [0.717, 1.165) is 33.4 Å². The minimum absolute atomic E-state index is 0.382. The summed E-state index contributed by atoms with van der Waals surface area (Å²) >= 11 is 7.58. The molecule has 3 aromatic rings. The Morgan fingerprint density at radius 3 is 2.67 bits per heavy atom. The minimum atomic E-state index is 0.382. The number of likely N-dealkylation sites (tertiary alicyclic amines) is 1. The average Bonchev–Trinajstić information content (AvgIpc) is 3.19. The van der Waals surface area contributed by atoms with E-state index < -0.39 is 0 Å². The van der Waals surface area contributed by atoms with Crippen LogP contribution in [0.15, 0.2) is 42.5 Å². The van der Waals surface area contributed by atoms with Gasteiger partial charge in [0.25, 0.3) is 0 Å². The third-order valence-corrected chi connectivity index (χ3v) is 8.01. The molecular weight excluding hydrogens is 406 g/mol. The first-order valence-corrected chi connectivity index (χ1v) is 12.0. The second-order valence-electron chi connectivity index (χ2n) is 10.3. The van der Waals surface area contributed by atoms with Gasteiger partial charge in [-0.15, -0.1) is 11.3 Å². The Bertz CT molecular complexity index is 1120. The molecule has 1 aromatic heterocycles. The zero-order valence-corrected chi connectivity index (χ0v) is 19.8. The third kappa shape index (κ3) is 3.74. The first kappa shape index (κ1) is 20.0. The van der Waals surface area contributed by atoms with Gasteiger partial charge in [0, 0.05) is 23.8 Å². The molecular formula is C25H29N3S2. The van der Waals surface area contributed by atoms with Gasteiger partial charge >= 0.3 is 0 Å². The number of hydrogen-bond acceptors (Lipinski definition) is 3. The van der Waals surface area contributed by atoms with Crippen LogP contribution in [0.4, 0.5) is 5.69 Å². The summed E-state index contributed by atoms with van der Waals surface area (Å²) in [6.45, 7) is 10.4. The fourth-order valence-corrected chi connectivity index (χ4v) is 7.14. The standard InChI is InChI=1S/C25H29N3S2/c1-16-5-10-20-21(11-16)30-22(27-20)17-6-8-18(9-7-17)26-23(29)28-15-25(4)13-19(28)12-24(2,3)14-25/h5-11,19H,12-15H2,1-4H3,(H,26,29)/t19-,25-/m1/s1. The van der Waals surface area contributed by atoms with Crippen LogP contribution in [0.25, 0.3) is 20.8 Å². The molecule has 1 saturated heterocycles. The molecule has 1 aliphatic heterocycles. The molecule has 1 saturated carbocycles. The lowest BCUT2D eigenvalue weighted by Crippen LogP contribution is -2.39. The number of nitrogens with zero attached hydrogens (tertiary/aromatic N) is 2. The van der Waals surface area contributed by atoms with E-state index in [1.807, 2.05) is 0 Å². The normalized spacial score (nSPS) is 24.9. The van der Waals surface area contributed by atoms with Gasteiger partial charge in [-0.25, -0.2) is 4.98 Å². The summed E-state index contributed by atoms with van der Waals surface area (Å²) in [6, 6.07) is 15.5. The smallest absolute Gasteiger partial charge is 0.173 e. The summed E-state index contributed by atoms with van der Waals surface area (Å²) in [5.41, 5.74) is 5.32. The molecule has 5 rings (SSSR count). The third-order valence-electron chi connectivity index (χ3n) is 6.60. The summed E-state index contributed by atoms with van der Waals surface area (Å²) in [7, 11) is 0. The van der Waals surface area contributed by atoms with Crippen LogP contribution in [0, 0.1) is 17.8 Å². The number of benzene rings is 2. The summed E-state index contributed by atoms with van der Waals surface area (Å²) in [4.78, 5) is 7.24. The molecule has 2 aromatic carbocycles. The molecule has 0 unspecified atom stereocenters. The second-order valence-corrected chi connectivity index (χ2v) is 11.8. The number of thiocarbonyl (C=S) groups is 1. The molecule has 30 heavy (non-hydrogen) atoms. The number of thiazole rings is 1. The van der Waals surface area contributed by atoms with E-state index in [-0.39, 0.29) is 0 Å². The lowest BCUT2D eigenvalue weighted by molar-refractivity contribution is 0.132. The predicted molar refractivity (Wildman–Crippen MR) is 132 cm³/mol. The highest BCUT2D eigenvalue weighted by molar-refractivity contribution is 7.80. The van der Waals surface area contributed by atoms with Crippen molar-refractivity contribution in [3.05, 3.63) is 48.0 Å². The van der Waals surface area contributed by atoms with Crippen LogP contribution in [0.2, 0.25) is 0 Å². The van der Waals surface area contributed by atoms with Crippen molar-refractivity contribution in [2.75, 3.05) is 11.9 Å². The van der Waals surface area contributed by atoms with Gasteiger partial charge in [-0.05, 0) is 91.2 Å². The fourth-order valence-electron chi connectivity index (χ4n) is 5.74. The maximum atomic E-state index is 5.83. The highest BCUT2D eigenvalue weighted by atomic mass is 32.1. The number of anilines is 1. The maximum Gasteiger partial charge on any atom is 0.173 e. The number of fused-ring (bicyclic) bond motifs is 3. The van der Waals surface area contributed by atoms with E-state index in [1.54, 1.807) is 11.3 Å². The monoisotopic (exact) mass is 435 g/mol. The largest absolute Gasteiger partial charge is 0.345 e. The highest BCUT2D eigenvalue weighted by Crippen LogP contribution is 2.52. The lowest BCUT2D eigenvalue weighted by atomic mass is 9.65. The molecule has 3 nitrogen and oxygen atoms in total. The zero-order chi connectivity index (χ0) is 21.1. The predicted octanol–water partition coefficient (Wildman–Crippen LogP) is 6.87. The van der Waals surface area contributed by atoms with Gasteiger partial charge in [-0.1, -0.05) is 26.8 Å². The van der Waals surface area contributed by atoms with Crippen LogP contribution in [0.5, 0.6) is 0 Å². The lowest BCUT2D eigenvalue weighted by Gasteiger charge is -2.39. The fraction of sp³-hybridized carbons (Fsp3) is 0.440. The van der Waals surface area contributed by atoms with Crippen molar-refractivity contribution >= 4 is 44.6 Å². The van der Waals surface area contributed by atoms with Crippen molar-refractivity contribution in [1.29, 1.82) is 0 Å². The average molecular weight is 436 g/mol. The van der Waals surface area contributed by atoms with E-state index in [9.17, 15) is 0 Å². The topological polar surface area (TPSA) is 28.2 Å². The molecule has 1 aliphatic carbocycles. The van der Waals surface area contributed by atoms with E-state index in [2.05, 4.69) is 80.4 Å². The van der Waals surface area contributed by atoms with Gasteiger partial charge in [0.2, 0.25) is 0 Å². The minimum Gasteiger partial charge on any atom is -0.345 e. The molecule has 2 fully saturated rings. The van der Waals surface area contributed by atoms with Crippen molar-refractivity contribution in [3.8, 4) is 10.6 Å². The summed E-state index contributed by atoms with van der Waals surface area (Å²) in [6.07, 6.45) is 3.76. The van der Waals surface area contributed by atoms with Gasteiger partial charge in [0.15, 0.2) is 5.11 Å². The number of aryl methyl sites for hydroxylation is 1. The van der Waals surface area contributed by atoms with Crippen LogP contribution in [0.1, 0.15) is 45.6 Å². The van der Waals surface area contributed by atoms with Crippen LogP contribution >= 0.6 is 23.6 Å². The SMILES string of the molecule is Cc1ccc2nc(-c3ccc(NC(=S)N4C[C@]5(C)C[C@H]4CC(C)(C)C5)cc3)sc2c1. The van der Waals surface area contributed by atoms with Crippen LogP contribution in [-0.4, -0.2) is 27.6 Å². The Labute approximate surface area is 188 Å². The van der Waals surface area contributed by atoms with E-state index in [1.165, 1.54) is 29.5 Å². The van der Waals surface area contributed by atoms with Crippen molar-refractivity contribution < 1.29 is 0 Å². The Hall–Kier alpha value is -1.98. The molecule has 2 bridgehead atoms. The molecule has 2 aliphatic rings. The molecule has 2 heterocycles. The van der Waals surface area contributed by atoms with E-state index in [4.69, 9.17) is 17.2 Å². The maximum absolute atomic E-state index is 5.83. The quantitative estimate of drug-likeness (QED) is 0.445. The molecule has 5 heteroatoms. The number of rotatable bonds is 2. The van der Waals surface area contributed by atoms with Gasteiger partial charge in [-0.2, -0.15) is 0 Å². The van der Waals surface area contributed by atoms with E-state index >= 15 is 0 Å². The number of aromatic nitrogens is 1. The Morgan fingerprint density at radius 2 is 1.90 bits per heavy atom.